The summed E-state index contributed by atoms with van der Waals surface area (Å²) >= 11 is 0. The Morgan fingerprint density at radius 1 is 1.22 bits per heavy atom. The molecule has 1 atom stereocenters. The van der Waals surface area contributed by atoms with Crippen LogP contribution >= 0.6 is 0 Å². The zero-order valence-electron chi connectivity index (χ0n) is 14.4. The first-order valence-electron chi connectivity index (χ1n) is 7.59. The molecular weight excluding hydrogens is 296 g/mol. The number of benzene rings is 1. The summed E-state index contributed by atoms with van der Waals surface area (Å²) in [4.78, 5) is 23.7. The summed E-state index contributed by atoms with van der Waals surface area (Å²) in [6.07, 6.45) is 0. The van der Waals surface area contributed by atoms with Gasteiger partial charge in [-0.1, -0.05) is 26.8 Å². The van der Waals surface area contributed by atoms with Crippen molar-refractivity contribution in [1.29, 1.82) is 0 Å². The SMILES string of the molecule is COc1cccc(OCCNC(=O)C(C)NC(=O)C(C)(C)C)c1. The Hall–Kier alpha value is -2.24. The lowest BCUT2D eigenvalue weighted by atomic mass is 9.95. The summed E-state index contributed by atoms with van der Waals surface area (Å²) < 4.78 is 10.6. The fourth-order valence-electron chi connectivity index (χ4n) is 1.67. The van der Waals surface area contributed by atoms with Gasteiger partial charge in [-0.2, -0.15) is 0 Å². The van der Waals surface area contributed by atoms with Gasteiger partial charge in [-0.05, 0) is 19.1 Å². The van der Waals surface area contributed by atoms with Gasteiger partial charge in [0.25, 0.3) is 0 Å². The minimum Gasteiger partial charge on any atom is -0.497 e. The zero-order valence-corrected chi connectivity index (χ0v) is 14.4. The highest BCUT2D eigenvalue weighted by molar-refractivity contribution is 5.89. The van der Waals surface area contributed by atoms with Gasteiger partial charge in [0.15, 0.2) is 0 Å². The second kappa shape index (κ2) is 8.41. The molecule has 0 bridgehead atoms. The first kappa shape index (κ1) is 18.8. The molecular formula is C17H26N2O4. The fourth-order valence-corrected chi connectivity index (χ4v) is 1.67. The van der Waals surface area contributed by atoms with E-state index >= 15 is 0 Å². The molecule has 0 saturated carbocycles. The van der Waals surface area contributed by atoms with Crippen molar-refractivity contribution in [3.05, 3.63) is 24.3 Å². The normalized spacial score (nSPS) is 12.2. The van der Waals surface area contributed by atoms with Crippen molar-refractivity contribution in [3.63, 3.8) is 0 Å². The first-order chi connectivity index (χ1) is 10.7. The van der Waals surface area contributed by atoms with E-state index in [4.69, 9.17) is 9.47 Å². The molecule has 0 spiro atoms. The molecule has 1 rings (SSSR count). The van der Waals surface area contributed by atoms with E-state index in [1.807, 2.05) is 18.2 Å². The molecule has 1 unspecified atom stereocenters. The van der Waals surface area contributed by atoms with Crippen molar-refractivity contribution in [2.24, 2.45) is 5.41 Å². The van der Waals surface area contributed by atoms with Crippen LogP contribution in [-0.4, -0.2) is 38.1 Å². The number of hydrogen-bond acceptors (Lipinski definition) is 4. The second-order valence-corrected chi connectivity index (χ2v) is 6.26. The molecule has 0 heterocycles. The number of hydrogen-bond donors (Lipinski definition) is 2. The van der Waals surface area contributed by atoms with E-state index < -0.39 is 11.5 Å². The van der Waals surface area contributed by atoms with Crippen LogP contribution in [0.2, 0.25) is 0 Å². The van der Waals surface area contributed by atoms with E-state index in [9.17, 15) is 9.59 Å². The van der Waals surface area contributed by atoms with Crippen molar-refractivity contribution in [1.82, 2.24) is 10.6 Å². The predicted molar refractivity (Wildman–Crippen MR) is 88.6 cm³/mol. The lowest BCUT2D eigenvalue weighted by molar-refractivity contribution is -0.133. The van der Waals surface area contributed by atoms with Gasteiger partial charge >= 0.3 is 0 Å². The van der Waals surface area contributed by atoms with Crippen molar-refractivity contribution in [2.45, 2.75) is 33.7 Å². The number of nitrogens with one attached hydrogen (secondary N) is 2. The van der Waals surface area contributed by atoms with Crippen LogP contribution in [0, 0.1) is 5.41 Å². The van der Waals surface area contributed by atoms with Crippen molar-refractivity contribution >= 4 is 11.8 Å². The zero-order chi connectivity index (χ0) is 17.5. The molecule has 0 fully saturated rings. The van der Waals surface area contributed by atoms with Gasteiger partial charge in [0.2, 0.25) is 11.8 Å². The Bertz CT molecular complexity index is 538. The number of amides is 2. The molecule has 0 aromatic heterocycles. The molecule has 6 heteroatoms. The van der Waals surface area contributed by atoms with Crippen LogP contribution < -0.4 is 20.1 Å². The maximum atomic E-state index is 11.9. The highest BCUT2D eigenvalue weighted by Crippen LogP contribution is 2.18. The molecule has 6 nitrogen and oxygen atoms in total. The monoisotopic (exact) mass is 322 g/mol. The Morgan fingerprint density at radius 3 is 2.48 bits per heavy atom. The Balaban J connectivity index is 2.32. The second-order valence-electron chi connectivity index (χ2n) is 6.26. The summed E-state index contributed by atoms with van der Waals surface area (Å²) in [5.41, 5.74) is -0.524. The van der Waals surface area contributed by atoms with Crippen molar-refractivity contribution < 1.29 is 19.1 Å². The van der Waals surface area contributed by atoms with Gasteiger partial charge in [0.1, 0.15) is 24.1 Å². The summed E-state index contributed by atoms with van der Waals surface area (Å²) in [5.74, 6) is 0.988. The molecule has 0 aliphatic heterocycles. The molecule has 1 aromatic rings. The maximum Gasteiger partial charge on any atom is 0.242 e. The van der Waals surface area contributed by atoms with Crippen LogP contribution in [0.15, 0.2) is 24.3 Å². The van der Waals surface area contributed by atoms with Gasteiger partial charge in [-0.3, -0.25) is 9.59 Å². The van der Waals surface area contributed by atoms with E-state index in [1.54, 1.807) is 40.9 Å². The summed E-state index contributed by atoms with van der Waals surface area (Å²) in [6.45, 7) is 7.74. The van der Waals surface area contributed by atoms with Gasteiger partial charge in [0.05, 0.1) is 13.7 Å². The van der Waals surface area contributed by atoms with Gasteiger partial charge in [-0.15, -0.1) is 0 Å². The number of ether oxygens (including phenoxy) is 2. The van der Waals surface area contributed by atoms with Crippen LogP contribution in [0.25, 0.3) is 0 Å². The third-order valence-corrected chi connectivity index (χ3v) is 3.13. The van der Waals surface area contributed by atoms with E-state index in [1.165, 1.54) is 0 Å². The topological polar surface area (TPSA) is 76.7 Å². The maximum absolute atomic E-state index is 11.9. The molecule has 128 valence electrons. The molecule has 23 heavy (non-hydrogen) atoms. The predicted octanol–water partition coefficient (Wildman–Crippen LogP) is 1.74. The molecule has 0 saturated heterocycles. The minimum absolute atomic E-state index is 0.159. The first-order valence-corrected chi connectivity index (χ1v) is 7.59. The molecule has 1 aromatic carbocycles. The van der Waals surface area contributed by atoms with E-state index in [0.717, 1.165) is 0 Å². The number of methoxy groups -OCH3 is 1. The largest absolute Gasteiger partial charge is 0.497 e. The van der Waals surface area contributed by atoms with Crippen LogP contribution in [0.3, 0.4) is 0 Å². The lowest BCUT2D eigenvalue weighted by Gasteiger charge is -2.21. The van der Waals surface area contributed by atoms with E-state index in [0.29, 0.717) is 24.7 Å². The smallest absolute Gasteiger partial charge is 0.242 e. The van der Waals surface area contributed by atoms with Gasteiger partial charge in [0, 0.05) is 11.5 Å². The van der Waals surface area contributed by atoms with Crippen molar-refractivity contribution in [2.75, 3.05) is 20.3 Å². The Morgan fingerprint density at radius 2 is 1.87 bits per heavy atom. The van der Waals surface area contributed by atoms with E-state index in [2.05, 4.69) is 10.6 Å². The minimum atomic E-state index is -0.585. The molecule has 0 radical (unpaired) electrons. The number of carbonyl (C=O) groups excluding carboxylic acids is 2. The summed E-state index contributed by atoms with van der Waals surface area (Å²) in [7, 11) is 1.59. The standard InChI is InChI=1S/C17H26N2O4/c1-12(19-16(21)17(2,3)4)15(20)18-9-10-23-14-8-6-7-13(11-14)22-5/h6-8,11-12H,9-10H2,1-5H3,(H,18,20)(H,19,21). The number of rotatable bonds is 7. The molecule has 2 amide bonds. The highest BCUT2D eigenvalue weighted by atomic mass is 16.5. The average molecular weight is 322 g/mol. The third kappa shape index (κ3) is 6.59. The molecule has 0 aliphatic carbocycles. The average Bonchev–Trinajstić information content (AvgIpc) is 2.50. The van der Waals surface area contributed by atoms with Crippen LogP contribution in [0.4, 0.5) is 0 Å². The van der Waals surface area contributed by atoms with E-state index in [-0.39, 0.29) is 11.8 Å². The fraction of sp³-hybridized carbons (Fsp3) is 0.529. The molecule has 0 aliphatic rings. The number of carbonyl (C=O) groups is 2. The highest BCUT2D eigenvalue weighted by Gasteiger charge is 2.24. The lowest BCUT2D eigenvalue weighted by Crippen LogP contribution is -2.48. The summed E-state index contributed by atoms with van der Waals surface area (Å²) in [5, 5.41) is 5.41. The Labute approximate surface area is 137 Å². The third-order valence-electron chi connectivity index (χ3n) is 3.13. The van der Waals surface area contributed by atoms with Crippen LogP contribution in [0.5, 0.6) is 11.5 Å². The van der Waals surface area contributed by atoms with Gasteiger partial charge < -0.3 is 20.1 Å². The quantitative estimate of drug-likeness (QED) is 0.750. The van der Waals surface area contributed by atoms with Crippen LogP contribution in [-0.2, 0) is 9.59 Å². The molecule has 2 N–H and O–H groups in total. The van der Waals surface area contributed by atoms with Crippen molar-refractivity contribution in [3.8, 4) is 11.5 Å². The Kier molecular flexibility index (Phi) is 6.88. The van der Waals surface area contributed by atoms with Crippen LogP contribution in [0.1, 0.15) is 27.7 Å². The summed E-state index contributed by atoms with van der Waals surface area (Å²) in [6, 6.07) is 6.66. The van der Waals surface area contributed by atoms with Gasteiger partial charge in [-0.25, -0.2) is 0 Å².